The lowest BCUT2D eigenvalue weighted by atomic mass is 10.0. The molecule has 0 bridgehead atoms. The van der Waals surface area contributed by atoms with Crippen LogP contribution in [0.15, 0.2) is 6.07 Å². The number of hydrogen-bond acceptors (Lipinski definition) is 6. The molecule has 1 unspecified atom stereocenters. The van der Waals surface area contributed by atoms with E-state index in [1.807, 2.05) is 4.90 Å². The van der Waals surface area contributed by atoms with E-state index in [0.717, 1.165) is 23.8 Å². The molecule has 1 aliphatic rings. The Morgan fingerprint density at radius 2 is 2.00 bits per heavy atom. The largest absolute Gasteiger partial charge is 0.453 e. The molecule has 2 aromatic heterocycles. The number of nitrogens with one attached hydrogen (secondary N) is 1. The molecule has 3 rings (SSSR count). The number of nitrogens with zero attached hydrogens (tertiary/aromatic N) is 5. The van der Waals surface area contributed by atoms with E-state index in [0.29, 0.717) is 24.6 Å². The maximum Gasteiger partial charge on any atom is 0.453 e. The fourth-order valence-corrected chi connectivity index (χ4v) is 3.32. The van der Waals surface area contributed by atoms with E-state index in [1.165, 1.54) is 0 Å². The summed E-state index contributed by atoms with van der Waals surface area (Å²) in [6.45, 7) is 7.96. The van der Waals surface area contributed by atoms with Gasteiger partial charge in [-0.05, 0) is 47.0 Å². The normalized spacial score (nSPS) is 18.2. The van der Waals surface area contributed by atoms with E-state index in [2.05, 4.69) is 20.4 Å². The van der Waals surface area contributed by atoms with Gasteiger partial charge in [-0.3, -0.25) is 0 Å². The zero-order valence-electron chi connectivity index (χ0n) is 16.9. The van der Waals surface area contributed by atoms with Crippen LogP contribution in [0.5, 0.6) is 0 Å². The smallest absolute Gasteiger partial charge is 0.444 e. The molecule has 0 spiro atoms. The summed E-state index contributed by atoms with van der Waals surface area (Å²) in [4.78, 5) is 21.6. The number of carbonyl (C=O) groups excluding carboxylic acids is 1. The number of alkyl halides is 3. The highest BCUT2D eigenvalue weighted by molar-refractivity contribution is 5.67. The number of piperidine rings is 1. The Hall–Kier alpha value is -2.59. The van der Waals surface area contributed by atoms with Gasteiger partial charge < -0.3 is 15.0 Å². The lowest BCUT2D eigenvalue weighted by Crippen LogP contribution is -2.48. The van der Waals surface area contributed by atoms with E-state index in [1.54, 1.807) is 33.8 Å². The molecule has 0 aliphatic carbocycles. The molecular formula is C18H25F3N6O2. The molecule has 3 heterocycles. The number of anilines is 1. The molecule has 1 fully saturated rings. The molecule has 1 N–H and O–H groups in total. The van der Waals surface area contributed by atoms with Gasteiger partial charge in [0.1, 0.15) is 11.4 Å². The molecule has 1 amide bonds. The van der Waals surface area contributed by atoms with E-state index in [-0.39, 0.29) is 11.8 Å². The van der Waals surface area contributed by atoms with E-state index < -0.39 is 23.7 Å². The minimum absolute atomic E-state index is 0.100. The first-order valence-electron chi connectivity index (χ1n) is 9.49. The number of carbonyl (C=O) groups is 1. The van der Waals surface area contributed by atoms with Crippen molar-refractivity contribution in [2.45, 2.75) is 64.8 Å². The molecule has 2 aromatic rings. The summed E-state index contributed by atoms with van der Waals surface area (Å²) < 4.78 is 45.6. The van der Waals surface area contributed by atoms with Gasteiger partial charge >= 0.3 is 12.3 Å². The summed E-state index contributed by atoms with van der Waals surface area (Å²) in [7, 11) is 0. The molecule has 0 radical (unpaired) electrons. The monoisotopic (exact) mass is 414 g/mol. The van der Waals surface area contributed by atoms with Crippen molar-refractivity contribution in [1.29, 1.82) is 0 Å². The number of halogens is 3. The van der Waals surface area contributed by atoms with Gasteiger partial charge in [0.2, 0.25) is 0 Å². The molecule has 29 heavy (non-hydrogen) atoms. The highest BCUT2D eigenvalue weighted by atomic mass is 19.4. The van der Waals surface area contributed by atoms with Crippen LogP contribution in [0, 0.1) is 6.92 Å². The molecule has 1 atom stereocenters. The Bertz CT molecular complexity index is 890. The summed E-state index contributed by atoms with van der Waals surface area (Å²) >= 11 is 0. The number of aryl methyl sites for hydroxylation is 1. The SMILES string of the molecule is Cc1cc(N2CCCCC2CNC(=O)OC(C)(C)C)n2nc(C(F)(F)F)nc2n1. The van der Waals surface area contributed by atoms with Gasteiger partial charge in [0.15, 0.2) is 0 Å². The lowest BCUT2D eigenvalue weighted by Gasteiger charge is -2.37. The van der Waals surface area contributed by atoms with Crippen molar-refractivity contribution in [3.8, 4) is 0 Å². The number of alkyl carbamates (subject to hydrolysis) is 1. The fourth-order valence-electron chi connectivity index (χ4n) is 3.32. The third kappa shape index (κ3) is 5.07. The average molecular weight is 414 g/mol. The maximum absolute atomic E-state index is 13.1. The molecule has 160 valence electrons. The first-order chi connectivity index (χ1) is 13.4. The molecular weight excluding hydrogens is 389 g/mol. The van der Waals surface area contributed by atoms with Crippen molar-refractivity contribution in [3.63, 3.8) is 0 Å². The molecule has 0 aromatic carbocycles. The van der Waals surface area contributed by atoms with Crippen molar-refractivity contribution in [2.75, 3.05) is 18.0 Å². The van der Waals surface area contributed by atoms with Gasteiger partial charge in [0, 0.05) is 30.9 Å². The molecule has 1 aliphatic heterocycles. The zero-order chi connectivity index (χ0) is 21.4. The molecule has 11 heteroatoms. The Morgan fingerprint density at radius 1 is 1.28 bits per heavy atom. The van der Waals surface area contributed by atoms with Crippen molar-refractivity contribution < 1.29 is 22.7 Å². The van der Waals surface area contributed by atoms with E-state index in [4.69, 9.17) is 4.74 Å². The number of rotatable bonds is 3. The first kappa shape index (κ1) is 21.1. The number of hydrogen-bond donors (Lipinski definition) is 1. The van der Waals surface area contributed by atoms with E-state index in [9.17, 15) is 18.0 Å². The summed E-state index contributed by atoms with van der Waals surface area (Å²) in [6.07, 6.45) is -2.57. The second kappa shape index (κ2) is 7.68. The van der Waals surface area contributed by atoms with Crippen LogP contribution in [0.1, 0.15) is 51.6 Å². The maximum atomic E-state index is 13.1. The van der Waals surface area contributed by atoms with Crippen LogP contribution in [-0.2, 0) is 10.9 Å². The molecule has 1 saturated heterocycles. The van der Waals surface area contributed by atoms with Crippen molar-refractivity contribution in [2.24, 2.45) is 0 Å². The Balaban J connectivity index is 1.87. The third-order valence-corrected chi connectivity index (χ3v) is 4.48. The summed E-state index contributed by atoms with van der Waals surface area (Å²) in [5, 5.41) is 6.40. The van der Waals surface area contributed by atoms with Crippen LogP contribution in [0.25, 0.3) is 5.78 Å². The summed E-state index contributed by atoms with van der Waals surface area (Å²) in [6, 6.07) is 1.58. The lowest BCUT2D eigenvalue weighted by molar-refractivity contribution is -0.144. The number of fused-ring (bicyclic) bond motifs is 1. The predicted molar refractivity (Wildman–Crippen MR) is 99.7 cm³/mol. The minimum Gasteiger partial charge on any atom is -0.444 e. The number of ether oxygens (including phenoxy) is 1. The van der Waals surface area contributed by atoms with Gasteiger partial charge in [-0.1, -0.05) is 0 Å². The standard InChI is InChI=1S/C18H25F3N6O2/c1-11-9-13(27-15(23-11)24-14(25-27)18(19,20)21)26-8-6-5-7-12(26)10-22-16(28)29-17(2,3)4/h9,12H,5-8,10H2,1-4H3,(H,22,28). The summed E-state index contributed by atoms with van der Waals surface area (Å²) in [5.74, 6) is -0.847. The van der Waals surface area contributed by atoms with Gasteiger partial charge in [-0.15, -0.1) is 5.10 Å². The predicted octanol–water partition coefficient (Wildman–Crippen LogP) is 3.34. The van der Waals surface area contributed by atoms with E-state index >= 15 is 0 Å². The Labute approximate surface area is 166 Å². The highest BCUT2D eigenvalue weighted by Gasteiger charge is 2.37. The van der Waals surface area contributed by atoms with Crippen LogP contribution in [0.2, 0.25) is 0 Å². The van der Waals surface area contributed by atoms with Crippen molar-refractivity contribution in [1.82, 2.24) is 24.9 Å². The Kier molecular flexibility index (Phi) is 5.59. The number of amides is 1. The number of aromatic nitrogens is 4. The molecule has 8 nitrogen and oxygen atoms in total. The fraction of sp³-hybridized carbons (Fsp3) is 0.667. The first-order valence-corrected chi connectivity index (χ1v) is 9.49. The second-order valence-corrected chi connectivity index (χ2v) is 8.13. The minimum atomic E-state index is -4.65. The van der Waals surface area contributed by atoms with Gasteiger partial charge in [-0.25, -0.2) is 9.78 Å². The van der Waals surface area contributed by atoms with Gasteiger partial charge in [0.05, 0.1) is 0 Å². The second-order valence-electron chi connectivity index (χ2n) is 8.13. The quantitative estimate of drug-likeness (QED) is 0.829. The van der Waals surface area contributed by atoms with Crippen LogP contribution in [0.3, 0.4) is 0 Å². The van der Waals surface area contributed by atoms with Crippen LogP contribution >= 0.6 is 0 Å². The van der Waals surface area contributed by atoms with Crippen LogP contribution < -0.4 is 10.2 Å². The topological polar surface area (TPSA) is 84.7 Å². The van der Waals surface area contributed by atoms with Crippen LogP contribution in [0.4, 0.5) is 23.8 Å². The zero-order valence-corrected chi connectivity index (χ0v) is 16.9. The average Bonchev–Trinajstić information content (AvgIpc) is 3.02. The third-order valence-electron chi connectivity index (χ3n) is 4.48. The van der Waals surface area contributed by atoms with Gasteiger partial charge in [-0.2, -0.15) is 22.7 Å². The van der Waals surface area contributed by atoms with Crippen LogP contribution in [-0.4, -0.2) is 50.4 Å². The van der Waals surface area contributed by atoms with Gasteiger partial charge in [0.25, 0.3) is 11.6 Å². The summed E-state index contributed by atoms with van der Waals surface area (Å²) in [5.41, 5.74) is -0.0718. The highest BCUT2D eigenvalue weighted by Crippen LogP contribution is 2.29. The van der Waals surface area contributed by atoms with Crippen molar-refractivity contribution >= 4 is 17.7 Å². The Morgan fingerprint density at radius 3 is 2.66 bits per heavy atom. The molecule has 0 saturated carbocycles. The van der Waals surface area contributed by atoms with Crippen molar-refractivity contribution in [3.05, 3.63) is 17.6 Å².